The molecule has 15 rings (SSSR count). The van der Waals surface area contributed by atoms with Crippen molar-refractivity contribution in [3.63, 3.8) is 0 Å². The quantitative estimate of drug-likeness (QED) is 0.173. The van der Waals surface area contributed by atoms with Gasteiger partial charge in [0.2, 0.25) is 0 Å². The molecular weight excluding hydrogens is 843 g/mol. The topological polar surface area (TPSA) is 61.7 Å². The zero-order chi connectivity index (χ0) is 45.2. The molecule has 320 valence electrons. The summed E-state index contributed by atoms with van der Waals surface area (Å²) in [6.45, 7) is 0. The van der Waals surface area contributed by atoms with Crippen molar-refractivity contribution in [3.8, 4) is 45.5 Å². The van der Waals surface area contributed by atoms with Crippen LogP contribution < -0.4 is 0 Å². The number of para-hydroxylation sites is 2. The first kappa shape index (κ1) is 37.8. The van der Waals surface area contributed by atoms with Gasteiger partial charge in [0, 0.05) is 70.9 Å². The summed E-state index contributed by atoms with van der Waals surface area (Å²) in [5.74, 6) is 1.79. The second-order valence-corrected chi connectivity index (χ2v) is 18.0. The predicted molar refractivity (Wildman–Crippen MR) is 285 cm³/mol. The van der Waals surface area contributed by atoms with Crippen LogP contribution in [-0.2, 0) is 0 Å². The molecule has 6 nitrogen and oxygen atoms in total. The van der Waals surface area contributed by atoms with Gasteiger partial charge in [-0.25, -0.2) is 15.0 Å². The van der Waals surface area contributed by atoms with E-state index in [2.05, 4.69) is 215 Å². The van der Waals surface area contributed by atoms with Gasteiger partial charge in [0.05, 0.1) is 27.8 Å². The zero-order valence-corrected chi connectivity index (χ0v) is 37.0. The summed E-state index contributed by atoms with van der Waals surface area (Å²) in [6.07, 6.45) is 0. The Hall–Kier alpha value is -9.39. The van der Waals surface area contributed by atoms with Crippen molar-refractivity contribution in [1.82, 2.24) is 24.1 Å². The van der Waals surface area contributed by atoms with E-state index >= 15 is 0 Å². The van der Waals surface area contributed by atoms with E-state index in [-0.39, 0.29) is 0 Å². The molecule has 0 bridgehead atoms. The van der Waals surface area contributed by atoms with Gasteiger partial charge >= 0.3 is 0 Å². The van der Waals surface area contributed by atoms with Crippen molar-refractivity contribution in [2.24, 2.45) is 0 Å². The number of fused-ring (bicyclic) bond motifs is 14. The third-order valence-corrected chi connectivity index (χ3v) is 14.1. The fraction of sp³-hybridized carbons (Fsp3) is 0. The van der Waals surface area contributed by atoms with E-state index in [1.165, 1.54) is 48.6 Å². The fourth-order valence-corrected chi connectivity index (χ4v) is 10.9. The number of aromatic nitrogens is 5. The number of nitrogens with zero attached hydrogens (tertiary/aromatic N) is 5. The monoisotopic (exact) mass is 879 g/mol. The van der Waals surface area contributed by atoms with Crippen LogP contribution in [0.25, 0.3) is 143 Å². The Bertz CT molecular complexity index is 4600. The molecule has 0 amide bonds. The summed E-state index contributed by atoms with van der Waals surface area (Å²) < 4.78 is 11.7. The number of hydrogen-bond acceptors (Lipinski definition) is 4. The Kier molecular flexibility index (Phi) is 7.97. The average Bonchev–Trinajstić information content (AvgIpc) is 4.07. The van der Waals surface area contributed by atoms with Crippen molar-refractivity contribution in [3.05, 3.63) is 224 Å². The highest BCUT2D eigenvalue weighted by molar-refractivity contribution is 6.23. The lowest BCUT2D eigenvalue weighted by molar-refractivity contribution is 0.672. The van der Waals surface area contributed by atoms with Gasteiger partial charge in [-0.2, -0.15) is 0 Å². The first-order chi connectivity index (χ1) is 34.2. The molecule has 15 aromatic rings. The first-order valence-electron chi connectivity index (χ1n) is 23.3. The van der Waals surface area contributed by atoms with Crippen LogP contribution in [0.3, 0.4) is 0 Å². The first-order valence-corrected chi connectivity index (χ1v) is 23.3. The molecule has 0 fully saturated rings. The van der Waals surface area contributed by atoms with Crippen molar-refractivity contribution in [2.45, 2.75) is 0 Å². The maximum absolute atomic E-state index is 6.87. The third kappa shape index (κ3) is 5.69. The minimum Gasteiger partial charge on any atom is -0.455 e. The molecular formula is C63H37N5O. The lowest BCUT2D eigenvalue weighted by Gasteiger charge is -2.14. The molecule has 4 heterocycles. The lowest BCUT2D eigenvalue weighted by atomic mass is 10.0. The maximum atomic E-state index is 6.87. The zero-order valence-electron chi connectivity index (χ0n) is 37.0. The molecule has 0 aliphatic heterocycles. The molecule has 0 spiro atoms. The van der Waals surface area contributed by atoms with Crippen molar-refractivity contribution in [2.75, 3.05) is 0 Å². The van der Waals surface area contributed by atoms with E-state index in [0.717, 1.165) is 77.3 Å². The van der Waals surface area contributed by atoms with Crippen LogP contribution in [0, 0.1) is 0 Å². The normalized spacial score (nSPS) is 12.1. The van der Waals surface area contributed by atoms with Crippen LogP contribution in [0.4, 0.5) is 0 Å². The molecule has 0 aliphatic carbocycles. The van der Waals surface area contributed by atoms with Gasteiger partial charge in [0.25, 0.3) is 0 Å². The van der Waals surface area contributed by atoms with E-state index in [1.807, 2.05) is 18.2 Å². The van der Waals surface area contributed by atoms with Crippen LogP contribution in [0.2, 0.25) is 0 Å². The predicted octanol–water partition coefficient (Wildman–Crippen LogP) is 16.4. The molecule has 11 aromatic carbocycles. The second-order valence-electron chi connectivity index (χ2n) is 18.0. The molecule has 0 unspecified atom stereocenters. The smallest absolute Gasteiger partial charge is 0.164 e. The Morgan fingerprint density at radius 3 is 1.68 bits per heavy atom. The Labute approximate surface area is 394 Å². The number of furan rings is 1. The van der Waals surface area contributed by atoms with Gasteiger partial charge in [-0.05, 0) is 76.8 Å². The molecule has 0 saturated heterocycles. The highest BCUT2D eigenvalue weighted by Crippen LogP contribution is 2.44. The summed E-state index contributed by atoms with van der Waals surface area (Å²) in [6, 6.07) is 79.8. The molecule has 0 N–H and O–H groups in total. The minimum atomic E-state index is 0.584. The third-order valence-electron chi connectivity index (χ3n) is 14.1. The SMILES string of the molecule is c1ccc(-c2nc(-c3ccc4oc5c6ccccc6c(-n6c7cc8ccccc8cc7c7ccc8ccccc8c76)cc5c4c3)nc(-c3ccc4c5ccccc5n(-c5ccccc5)c4c3)n2)cc1. The average molecular weight is 880 g/mol. The standard InChI is InChI=1S/C63H37N5O/c1-3-16-39(17-4-1)61-64-62(66-63(65-61)43-28-30-48-46-23-13-14-26-54(46)67(55(48)36-43)44-20-5-2-6-21-44)42-29-32-58-52(34-42)53-37-57(47-24-11-12-25-50(47)60(53)69-58)68-56-35-41-19-8-7-18-40(41)33-51(56)49-31-27-38-15-9-10-22-45(38)59(49)68/h1-37H. The Balaban J connectivity index is 0.971. The largest absolute Gasteiger partial charge is 0.455 e. The molecule has 4 aromatic heterocycles. The van der Waals surface area contributed by atoms with E-state index in [1.54, 1.807) is 0 Å². The highest BCUT2D eigenvalue weighted by Gasteiger charge is 2.22. The summed E-state index contributed by atoms with van der Waals surface area (Å²) in [4.78, 5) is 15.7. The van der Waals surface area contributed by atoms with Gasteiger partial charge in [-0.3, -0.25) is 0 Å². The molecule has 0 saturated carbocycles. The van der Waals surface area contributed by atoms with Crippen LogP contribution in [0.5, 0.6) is 0 Å². The molecule has 0 radical (unpaired) electrons. The number of rotatable bonds is 5. The van der Waals surface area contributed by atoms with Crippen molar-refractivity contribution < 1.29 is 4.42 Å². The number of benzene rings is 11. The Morgan fingerprint density at radius 1 is 0.304 bits per heavy atom. The summed E-state index contributed by atoms with van der Waals surface area (Å²) >= 11 is 0. The van der Waals surface area contributed by atoms with E-state index in [4.69, 9.17) is 19.4 Å². The van der Waals surface area contributed by atoms with Gasteiger partial charge in [0.15, 0.2) is 17.5 Å². The minimum absolute atomic E-state index is 0.584. The molecule has 6 heteroatoms. The van der Waals surface area contributed by atoms with E-state index in [0.29, 0.717) is 17.5 Å². The van der Waals surface area contributed by atoms with E-state index < -0.39 is 0 Å². The van der Waals surface area contributed by atoms with Crippen LogP contribution in [-0.4, -0.2) is 24.1 Å². The lowest BCUT2D eigenvalue weighted by Crippen LogP contribution is -2.00. The van der Waals surface area contributed by atoms with E-state index in [9.17, 15) is 0 Å². The number of hydrogen-bond donors (Lipinski definition) is 0. The van der Waals surface area contributed by atoms with Crippen LogP contribution >= 0.6 is 0 Å². The van der Waals surface area contributed by atoms with Gasteiger partial charge in [-0.15, -0.1) is 0 Å². The molecule has 0 aliphatic rings. The fourth-order valence-electron chi connectivity index (χ4n) is 10.9. The van der Waals surface area contributed by atoms with Crippen LogP contribution in [0.15, 0.2) is 229 Å². The van der Waals surface area contributed by atoms with Crippen molar-refractivity contribution in [1.29, 1.82) is 0 Å². The van der Waals surface area contributed by atoms with Crippen molar-refractivity contribution >= 4 is 97.9 Å². The maximum Gasteiger partial charge on any atom is 0.164 e. The Morgan fingerprint density at radius 2 is 0.884 bits per heavy atom. The van der Waals surface area contributed by atoms with Gasteiger partial charge in [0.1, 0.15) is 11.2 Å². The molecule has 0 atom stereocenters. The summed E-state index contributed by atoms with van der Waals surface area (Å²) in [7, 11) is 0. The van der Waals surface area contributed by atoms with Crippen LogP contribution in [0.1, 0.15) is 0 Å². The highest BCUT2D eigenvalue weighted by atomic mass is 16.3. The summed E-state index contributed by atoms with van der Waals surface area (Å²) in [5, 5.41) is 13.8. The second kappa shape index (κ2) is 14.6. The van der Waals surface area contributed by atoms with Gasteiger partial charge in [-0.1, -0.05) is 164 Å². The summed E-state index contributed by atoms with van der Waals surface area (Å²) in [5.41, 5.74) is 11.1. The van der Waals surface area contributed by atoms with Gasteiger partial charge < -0.3 is 13.6 Å². The molecule has 69 heavy (non-hydrogen) atoms.